The molecule has 5 aromatic rings. The zero-order valence-corrected chi connectivity index (χ0v) is 30.4. The van der Waals surface area contributed by atoms with Gasteiger partial charge in [-0.2, -0.15) is 0 Å². The molecular weight excluding hydrogens is 690 g/mol. The molecule has 8 nitrogen and oxygen atoms in total. The van der Waals surface area contributed by atoms with Crippen molar-refractivity contribution in [1.29, 1.82) is 0 Å². The van der Waals surface area contributed by atoms with Gasteiger partial charge in [-0.1, -0.05) is 17.7 Å². The highest BCUT2D eigenvalue weighted by Gasteiger charge is 2.17. The minimum atomic E-state index is 0. The lowest BCUT2D eigenvalue weighted by Crippen LogP contribution is -2.21. The fourth-order valence-corrected chi connectivity index (χ4v) is 6.31. The van der Waals surface area contributed by atoms with Crippen molar-refractivity contribution in [3.8, 4) is 11.5 Å². The number of phenols is 1. The number of hydrogen-bond acceptors (Lipinski definition) is 8. The monoisotopic (exact) mass is 732 g/mol. The molecule has 1 unspecified atom stereocenters. The van der Waals surface area contributed by atoms with E-state index in [1.54, 1.807) is 13.3 Å². The zero-order valence-electron chi connectivity index (χ0n) is 27.2. The van der Waals surface area contributed by atoms with Crippen molar-refractivity contribution in [2.24, 2.45) is 0 Å². The first-order chi connectivity index (χ1) is 22.0. The van der Waals surface area contributed by atoms with Crippen LogP contribution in [0.1, 0.15) is 43.7 Å². The first-order valence-electron chi connectivity index (χ1n) is 15.8. The lowest BCUT2D eigenvalue weighted by molar-refractivity contribution is 0.323. The van der Waals surface area contributed by atoms with E-state index in [4.69, 9.17) is 16.3 Å². The molecule has 1 aliphatic rings. The van der Waals surface area contributed by atoms with Gasteiger partial charge in [-0.15, -0.1) is 37.2 Å². The molecule has 258 valence electrons. The Morgan fingerprint density at radius 2 is 1.73 bits per heavy atom. The smallest absolute Gasteiger partial charge is 0.124 e. The van der Waals surface area contributed by atoms with Crippen LogP contribution in [0.3, 0.4) is 0 Å². The lowest BCUT2D eigenvalue weighted by atomic mass is 10.1. The van der Waals surface area contributed by atoms with Crippen LogP contribution in [0.5, 0.6) is 11.5 Å². The highest BCUT2D eigenvalue weighted by Crippen LogP contribution is 2.33. The molecule has 0 amide bonds. The van der Waals surface area contributed by atoms with Crippen molar-refractivity contribution in [2.75, 3.05) is 37.4 Å². The van der Waals surface area contributed by atoms with Gasteiger partial charge in [0.1, 0.15) is 11.5 Å². The fraction of sp³-hybridized carbons (Fsp3) is 0.333. The summed E-state index contributed by atoms with van der Waals surface area (Å²) < 4.78 is 5.51. The van der Waals surface area contributed by atoms with Crippen LogP contribution in [0.25, 0.3) is 21.8 Å². The minimum Gasteiger partial charge on any atom is -0.507 e. The first kappa shape index (κ1) is 39.2. The van der Waals surface area contributed by atoms with Gasteiger partial charge < -0.3 is 25.8 Å². The first-order valence-corrected chi connectivity index (χ1v) is 16.1. The van der Waals surface area contributed by atoms with Gasteiger partial charge in [0, 0.05) is 75.9 Å². The van der Waals surface area contributed by atoms with Crippen molar-refractivity contribution >= 4 is 87.7 Å². The van der Waals surface area contributed by atoms with Crippen LogP contribution >= 0.6 is 48.8 Å². The molecule has 3 aromatic carbocycles. The third-order valence-corrected chi connectivity index (χ3v) is 8.70. The number of ether oxygens (including phenoxy) is 1. The summed E-state index contributed by atoms with van der Waals surface area (Å²) in [6, 6.07) is 20.1. The predicted molar refractivity (Wildman–Crippen MR) is 207 cm³/mol. The molecule has 0 bridgehead atoms. The normalized spacial score (nSPS) is 13.3. The Morgan fingerprint density at radius 1 is 0.938 bits per heavy atom. The number of halogens is 4. The number of hydrogen-bond donors (Lipinski definition) is 4. The highest BCUT2D eigenvalue weighted by atomic mass is 35.5. The summed E-state index contributed by atoms with van der Waals surface area (Å²) in [6.07, 6.45) is 7.98. The SMILES string of the molecule is COc1cc(NC(C)CCCNCc2cc(Nc3ccnc4cc(Cl)ccc34)cc(CN3CCCC3)c2O)c2ncccc2c1.Cl.Cl.Cl. The molecule has 0 saturated carbocycles. The number of rotatable bonds is 13. The summed E-state index contributed by atoms with van der Waals surface area (Å²) in [4.78, 5) is 11.5. The number of nitrogens with one attached hydrogen (secondary N) is 3. The van der Waals surface area contributed by atoms with Gasteiger partial charge >= 0.3 is 0 Å². The van der Waals surface area contributed by atoms with Crippen LogP contribution in [-0.2, 0) is 13.1 Å². The Balaban J connectivity index is 0.00000208. The molecule has 4 N–H and O–H groups in total. The van der Waals surface area contributed by atoms with E-state index in [0.29, 0.717) is 17.3 Å². The Morgan fingerprint density at radius 3 is 2.52 bits per heavy atom. The van der Waals surface area contributed by atoms with Crippen LogP contribution < -0.4 is 20.7 Å². The van der Waals surface area contributed by atoms with Gasteiger partial charge in [-0.25, -0.2) is 0 Å². The standard InChI is InChI=1S/C36H41ClN6O2.3ClH/c1-24(41-34-21-30(45-2)19-25-8-6-13-40-35(25)34)7-5-12-38-22-26-17-29(18-27(36(26)44)23-43-15-3-4-16-43)42-32-11-14-39-33-20-28(37)9-10-31(32)33;;;/h6,8-11,13-14,17-21,24,38,41,44H,3-5,7,12,15-16,22-23H2,1-2H3,(H,39,42);3*1H. The number of aromatic hydroxyl groups is 1. The molecule has 0 radical (unpaired) electrons. The molecule has 1 saturated heterocycles. The van der Waals surface area contributed by atoms with Gasteiger partial charge in [0.25, 0.3) is 0 Å². The van der Waals surface area contributed by atoms with E-state index in [1.807, 2.05) is 54.7 Å². The molecule has 1 atom stereocenters. The summed E-state index contributed by atoms with van der Waals surface area (Å²) in [5, 5.41) is 24.8. The van der Waals surface area contributed by atoms with E-state index < -0.39 is 0 Å². The van der Waals surface area contributed by atoms with Crippen LogP contribution in [-0.4, -0.2) is 52.8 Å². The zero-order chi connectivity index (χ0) is 31.2. The van der Waals surface area contributed by atoms with Crippen molar-refractivity contribution in [1.82, 2.24) is 20.2 Å². The number of pyridine rings is 2. The molecule has 0 aliphatic carbocycles. The van der Waals surface area contributed by atoms with Crippen LogP contribution in [0.15, 0.2) is 73.1 Å². The number of fused-ring (bicyclic) bond motifs is 2. The number of likely N-dealkylation sites (tertiary alicyclic amines) is 1. The van der Waals surface area contributed by atoms with Gasteiger partial charge in [0.2, 0.25) is 0 Å². The Kier molecular flexibility index (Phi) is 15.1. The average molecular weight is 735 g/mol. The molecular formula is C36H44Cl4N6O2. The molecule has 1 fully saturated rings. The molecule has 48 heavy (non-hydrogen) atoms. The van der Waals surface area contributed by atoms with E-state index in [2.05, 4.69) is 49.9 Å². The van der Waals surface area contributed by atoms with Gasteiger partial charge in [-0.05, 0) is 101 Å². The Bertz CT molecular complexity index is 1790. The molecule has 3 heterocycles. The Hall–Kier alpha value is -3.24. The molecule has 2 aromatic heterocycles. The number of anilines is 3. The third kappa shape index (κ3) is 9.68. The van der Waals surface area contributed by atoms with Crippen molar-refractivity contribution < 1.29 is 9.84 Å². The number of phenolic OH excluding ortho intramolecular Hbond substituents is 1. The van der Waals surface area contributed by atoms with Crippen LogP contribution in [0.4, 0.5) is 17.1 Å². The van der Waals surface area contributed by atoms with Crippen LogP contribution in [0.2, 0.25) is 5.02 Å². The number of aromatic nitrogens is 2. The summed E-state index contributed by atoms with van der Waals surface area (Å²) in [6.45, 7) is 6.46. The molecule has 1 aliphatic heterocycles. The van der Waals surface area contributed by atoms with Crippen molar-refractivity contribution in [2.45, 2.75) is 51.7 Å². The number of methoxy groups -OCH3 is 1. The van der Waals surface area contributed by atoms with E-state index in [9.17, 15) is 5.11 Å². The van der Waals surface area contributed by atoms with E-state index in [1.165, 1.54) is 12.8 Å². The second kappa shape index (κ2) is 18.5. The van der Waals surface area contributed by atoms with Gasteiger partial charge in [0.15, 0.2) is 0 Å². The van der Waals surface area contributed by atoms with Crippen molar-refractivity contribution in [3.63, 3.8) is 0 Å². The van der Waals surface area contributed by atoms with E-state index >= 15 is 0 Å². The largest absolute Gasteiger partial charge is 0.507 e. The molecule has 6 rings (SSSR count). The quantitative estimate of drug-likeness (QED) is 0.0704. The van der Waals surface area contributed by atoms with E-state index in [0.717, 1.165) is 94.8 Å². The fourth-order valence-electron chi connectivity index (χ4n) is 6.14. The van der Waals surface area contributed by atoms with E-state index in [-0.39, 0.29) is 43.3 Å². The predicted octanol–water partition coefficient (Wildman–Crippen LogP) is 9.13. The molecule has 0 spiro atoms. The van der Waals surface area contributed by atoms with Crippen LogP contribution in [0, 0.1) is 0 Å². The lowest BCUT2D eigenvalue weighted by Gasteiger charge is -2.20. The highest BCUT2D eigenvalue weighted by molar-refractivity contribution is 6.31. The minimum absolute atomic E-state index is 0. The second-order valence-corrected chi connectivity index (χ2v) is 12.3. The third-order valence-electron chi connectivity index (χ3n) is 8.47. The van der Waals surface area contributed by atoms with Gasteiger partial charge in [-0.3, -0.25) is 14.9 Å². The summed E-state index contributed by atoms with van der Waals surface area (Å²) in [7, 11) is 1.69. The second-order valence-electron chi connectivity index (χ2n) is 11.9. The topological polar surface area (TPSA) is 94.6 Å². The van der Waals surface area contributed by atoms with Crippen molar-refractivity contribution in [3.05, 3.63) is 89.2 Å². The average Bonchev–Trinajstić information content (AvgIpc) is 3.56. The number of benzene rings is 3. The summed E-state index contributed by atoms with van der Waals surface area (Å²) in [5.41, 5.74) is 6.49. The van der Waals surface area contributed by atoms with Gasteiger partial charge in [0.05, 0.1) is 23.8 Å². The maximum atomic E-state index is 11.3. The number of nitrogens with zero attached hydrogens (tertiary/aromatic N) is 3. The maximum Gasteiger partial charge on any atom is 0.124 e. The molecule has 12 heteroatoms. The summed E-state index contributed by atoms with van der Waals surface area (Å²) >= 11 is 6.22. The Labute approximate surface area is 306 Å². The maximum absolute atomic E-state index is 11.3. The summed E-state index contributed by atoms with van der Waals surface area (Å²) in [5.74, 6) is 1.19.